The standard InChI is InChI=1S/C18H22N2O2/c1-18(2,3)22-17(21)20-16-10-8-15(9-11-16)14-6-4-13(12-19)5-7-14/h4-11H,12,19H2,1-3H3,(H,20,21). The lowest BCUT2D eigenvalue weighted by atomic mass is 10.0. The van der Waals surface area contributed by atoms with E-state index < -0.39 is 11.7 Å². The average molecular weight is 298 g/mol. The van der Waals surface area contributed by atoms with Crippen LogP contribution in [0.5, 0.6) is 0 Å². The number of rotatable bonds is 3. The van der Waals surface area contributed by atoms with Gasteiger partial charge in [-0.1, -0.05) is 36.4 Å². The van der Waals surface area contributed by atoms with Crippen LogP contribution in [0.4, 0.5) is 10.5 Å². The van der Waals surface area contributed by atoms with E-state index in [2.05, 4.69) is 5.32 Å². The quantitative estimate of drug-likeness (QED) is 0.894. The second kappa shape index (κ2) is 6.62. The van der Waals surface area contributed by atoms with Crippen molar-refractivity contribution < 1.29 is 9.53 Å². The number of ether oxygens (including phenoxy) is 1. The third kappa shape index (κ3) is 4.60. The summed E-state index contributed by atoms with van der Waals surface area (Å²) in [6.45, 7) is 6.04. The van der Waals surface area contributed by atoms with Gasteiger partial charge in [-0.05, 0) is 49.6 Å². The highest BCUT2D eigenvalue weighted by atomic mass is 16.6. The Labute approximate surface area is 131 Å². The smallest absolute Gasteiger partial charge is 0.412 e. The number of carbonyl (C=O) groups is 1. The van der Waals surface area contributed by atoms with E-state index in [-0.39, 0.29) is 0 Å². The Morgan fingerprint density at radius 2 is 1.50 bits per heavy atom. The maximum atomic E-state index is 11.7. The van der Waals surface area contributed by atoms with E-state index in [1.54, 1.807) is 0 Å². The highest BCUT2D eigenvalue weighted by Gasteiger charge is 2.16. The zero-order valence-corrected chi connectivity index (χ0v) is 13.2. The van der Waals surface area contributed by atoms with E-state index in [9.17, 15) is 4.79 Å². The fourth-order valence-corrected chi connectivity index (χ4v) is 2.00. The largest absolute Gasteiger partial charge is 0.444 e. The Morgan fingerprint density at radius 3 is 1.95 bits per heavy atom. The van der Waals surface area contributed by atoms with Crippen LogP contribution in [0.15, 0.2) is 48.5 Å². The lowest BCUT2D eigenvalue weighted by Gasteiger charge is -2.19. The van der Waals surface area contributed by atoms with Gasteiger partial charge in [0.2, 0.25) is 0 Å². The third-order valence-corrected chi connectivity index (χ3v) is 3.05. The van der Waals surface area contributed by atoms with E-state index in [0.717, 1.165) is 16.7 Å². The van der Waals surface area contributed by atoms with Gasteiger partial charge in [0.05, 0.1) is 0 Å². The maximum Gasteiger partial charge on any atom is 0.412 e. The van der Waals surface area contributed by atoms with Gasteiger partial charge in [-0.2, -0.15) is 0 Å². The molecule has 0 aliphatic carbocycles. The van der Waals surface area contributed by atoms with Gasteiger partial charge < -0.3 is 10.5 Å². The first-order chi connectivity index (χ1) is 10.4. The molecule has 0 saturated heterocycles. The molecule has 2 rings (SSSR count). The number of hydrogen-bond acceptors (Lipinski definition) is 3. The van der Waals surface area contributed by atoms with Crippen molar-refractivity contribution in [1.82, 2.24) is 0 Å². The van der Waals surface area contributed by atoms with Gasteiger partial charge in [-0.3, -0.25) is 5.32 Å². The van der Waals surface area contributed by atoms with Crippen LogP contribution in [0.1, 0.15) is 26.3 Å². The van der Waals surface area contributed by atoms with Crippen molar-refractivity contribution in [1.29, 1.82) is 0 Å². The minimum absolute atomic E-state index is 0.451. The maximum absolute atomic E-state index is 11.7. The van der Waals surface area contributed by atoms with Crippen molar-refractivity contribution in [2.45, 2.75) is 32.9 Å². The molecule has 0 aliphatic rings. The molecule has 4 nitrogen and oxygen atoms in total. The third-order valence-electron chi connectivity index (χ3n) is 3.05. The molecule has 2 aromatic carbocycles. The molecule has 0 aromatic heterocycles. The first-order valence-corrected chi connectivity index (χ1v) is 7.27. The average Bonchev–Trinajstić information content (AvgIpc) is 2.46. The number of nitrogens with one attached hydrogen (secondary N) is 1. The molecule has 0 unspecified atom stereocenters. The summed E-state index contributed by atoms with van der Waals surface area (Å²) in [6, 6.07) is 15.8. The van der Waals surface area contributed by atoms with Crippen molar-refractivity contribution in [2.24, 2.45) is 5.73 Å². The molecule has 116 valence electrons. The molecule has 3 N–H and O–H groups in total. The summed E-state index contributed by atoms with van der Waals surface area (Å²) in [5.41, 5.74) is 9.09. The Hall–Kier alpha value is -2.33. The van der Waals surface area contributed by atoms with E-state index in [1.807, 2.05) is 69.3 Å². The van der Waals surface area contributed by atoms with Crippen LogP contribution in [-0.2, 0) is 11.3 Å². The summed E-state index contributed by atoms with van der Waals surface area (Å²) in [5.74, 6) is 0. The van der Waals surface area contributed by atoms with Gasteiger partial charge in [0.15, 0.2) is 0 Å². The van der Waals surface area contributed by atoms with E-state index in [1.165, 1.54) is 0 Å². The number of amides is 1. The Kier molecular flexibility index (Phi) is 4.83. The molecule has 4 heteroatoms. The van der Waals surface area contributed by atoms with Crippen LogP contribution < -0.4 is 11.1 Å². The zero-order chi connectivity index (χ0) is 16.2. The molecule has 0 heterocycles. The van der Waals surface area contributed by atoms with Crippen LogP contribution in [0.2, 0.25) is 0 Å². The minimum Gasteiger partial charge on any atom is -0.444 e. The van der Waals surface area contributed by atoms with Crippen LogP contribution in [0.25, 0.3) is 11.1 Å². The van der Waals surface area contributed by atoms with Crippen molar-refractivity contribution >= 4 is 11.8 Å². The highest BCUT2D eigenvalue weighted by Crippen LogP contribution is 2.22. The summed E-state index contributed by atoms with van der Waals surface area (Å²) >= 11 is 0. The van der Waals surface area contributed by atoms with Crippen molar-refractivity contribution in [3.63, 3.8) is 0 Å². The Morgan fingerprint density at radius 1 is 1.00 bits per heavy atom. The van der Waals surface area contributed by atoms with Gasteiger partial charge in [0.1, 0.15) is 5.60 Å². The van der Waals surface area contributed by atoms with Crippen LogP contribution >= 0.6 is 0 Å². The van der Waals surface area contributed by atoms with Crippen LogP contribution in [-0.4, -0.2) is 11.7 Å². The van der Waals surface area contributed by atoms with Gasteiger partial charge in [0, 0.05) is 12.2 Å². The summed E-state index contributed by atoms with van der Waals surface area (Å²) in [7, 11) is 0. The Balaban J connectivity index is 2.05. The fraction of sp³-hybridized carbons (Fsp3) is 0.278. The first-order valence-electron chi connectivity index (χ1n) is 7.27. The van der Waals surface area contributed by atoms with Gasteiger partial charge in [0.25, 0.3) is 0 Å². The molecular weight excluding hydrogens is 276 g/mol. The number of carbonyl (C=O) groups excluding carboxylic acids is 1. The monoisotopic (exact) mass is 298 g/mol. The van der Waals surface area contributed by atoms with E-state index in [4.69, 9.17) is 10.5 Å². The summed E-state index contributed by atoms with van der Waals surface area (Å²) < 4.78 is 5.22. The predicted octanol–water partition coefficient (Wildman–Crippen LogP) is 4.16. The van der Waals surface area contributed by atoms with E-state index >= 15 is 0 Å². The Bertz CT molecular complexity index is 626. The van der Waals surface area contributed by atoms with Crippen molar-refractivity contribution in [3.8, 4) is 11.1 Å². The lowest BCUT2D eigenvalue weighted by molar-refractivity contribution is 0.0636. The number of nitrogens with two attached hydrogens (primary N) is 1. The fourth-order valence-electron chi connectivity index (χ4n) is 2.00. The molecule has 2 aromatic rings. The number of anilines is 1. The van der Waals surface area contributed by atoms with Crippen LogP contribution in [0, 0.1) is 0 Å². The SMILES string of the molecule is CC(C)(C)OC(=O)Nc1ccc(-c2ccc(CN)cc2)cc1. The molecule has 0 radical (unpaired) electrons. The molecule has 0 fully saturated rings. The predicted molar refractivity (Wildman–Crippen MR) is 89.6 cm³/mol. The molecule has 0 spiro atoms. The molecular formula is C18H22N2O2. The van der Waals surface area contributed by atoms with Gasteiger partial charge in [-0.15, -0.1) is 0 Å². The minimum atomic E-state index is -0.505. The first kappa shape index (κ1) is 16.0. The molecule has 0 saturated carbocycles. The topological polar surface area (TPSA) is 64.3 Å². The molecule has 0 aliphatic heterocycles. The van der Waals surface area contributed by atoms with Crippen LogP contribution in [0.3, 0.4) is 0 Å². The van der Waals surface area contributed by atoms with Crippen molar-refractivity contribution in [3.05, 3.63) is 54.1 Å². The second-order valence-electron chi connectivity index (χ2n) is 6.11. The summed E-state index contributed by atoms with van der Waals surface area (Å²) in [4.78, 5) is 11.7. The lowest BCUT2D eigenvalue weighted by Crippen LogP contribution is -2.27. The molecule has 0 atom stereocenters. The molecule has 1 amide bonds. The van der Waals surface area contributed by atoms with Gasteiger partial charge in [-0.25, -0.2) is 4.79 Å². The number of hydrogen-bond donors (Lipinski definition) is 2. The molecule has 22 heavy (non-hydrogen) atoms. The van der Waals surface area contributed by atoms with Gasteiger partial charge >= 0.3 is 6.09 Å². The number of benzene rings is 2. The highest BCUT2D eigenvalue weighted by molar-refractivity contribution is 5.85. The van der Waals surface area contributed by atoms with E-state index in [0.29, 0.717) is 12.2 Å². The zero-order valence-electron chi connectivity index (χ0n) is 13.2. The summed E-state index contributed by atoms with van der Waals surface area (Å²) in [6.07, 6.45) is -0.451. The normalized spacial score (nSPS) is 11.1. The second-order valence-corrected chi connectivity index (χ2v) is 6.11. The molecule has 0 bridgehead atoms. The summed E-state index contributed by atoms with van der Waals surface area (Å²) in [5, 5.41) is 2.72. The van der Waals surface area contributed by atoms with Crippen molar-refractivity contribution in [2.75, 3.05) is 5.32 Å².